The van der Waals surface area contributed by atoms with E-state index in [-0.39, 0.29) is 5.56 Å². The largest absolute Gasteiger partial charge is 0.478 e. The summed E-state index contributed by atoms with van der Waals surface area (Å²) in [4.78, 5) is 16.0. The molecule has 0 saturated carbocycles. The number of hydrogen-bond acceptors (Lipinski definition) is 5. The van der Waals surface area contributed by atoms with Gasteiger partial charge in [-0.3, -0.25) is 10.1 Å². The van der Waals surface area contributed by atoms with Crippen LogP contribution in [0.25, 0.3) is 33.3 Å². The molecular formula is C25H18N4O3. The van der Waals surface area contributed by atoms with E-state index in [0.29, 0.717) is 28.3 Å². The maximum atomic E-state index is 11.4. The van der Waals surface area contributed by atoms with Gasteiger partial charge in [-0.05, 0) is 42.0 Å². The predicted molar refractivity (Wildman–Crippen MR) is 123 cm³/mol. The number of carboxylic acid groups (broad SMARTS) is 1. The van der Waals surface area contributed by atoms with Crippen molar-refractivity contribution in [3.63, 3.8) is 0 Å². The number of aromatic nitrogens is 3. The first-order valence-electron chi connectivity index (χ1n) is 9.90. The van der Waals surface area contributed by atoms with Gasteiger partial charge in [0.15, 0.2) is 5.82 Å². The van der Waals surface area contributed by atoms with E-state index >= 15 is 0 Å². The lowest BCUT2D eigenvalue weighted by atomic mass is 10.00. The second-order valence-electron chi connectivity index (χ2n) is 7.20. The molecule has 0 saturated heterocycles. The van der Waals surface area contributed by atoms with Gasteiger partial charge in [0.05, 0.1) is 22.2 Å². The topological polar surface area (TPSA) is 114 Å². The number of aromatic amines is 1. The maximum absolute atomic E-state index is 11.4. The Kier molecular flexibility index (Phi) is 4.76. The summed E-state index contributed by atoms with van der Waals surface area (Å²) < 4.78 is 5.87. The number of ether oxygens (including phenoxy) is 1. The fraction of sp³-hybridized carbons (Fsp3) is 0. The molecule has 0 bridgehead atoms. The van der Waals surface area contributed by atoms with E-state index < -0.39 is 5.97 Å². The molecule has 0 unspecified atom stereocenters. The van der Waals surface area contributed by atoms with Gasteiger partial charge in [0.2, 0.25) is 0 Å². The Labute approximate surface area is 183 Å². The summed E-state index contributed by atoms with van der Waals surface area (Å²) in [5.41, 5.74) is 9.98. The van der Waals surface area contributed by atoms with Crippen molar-refractivity contribution in [1.82, 2.24) is 15.2 Å². The van der Waals surface area contributed by atoms with Crippen LogP contribution >= 0.6 is 0 Å². The Morgan fingerprint density at radius 1 is 0.906 bits per heavy atom. The third-order valence-corrected chi connectivity index (χ3v) is 5.15. The number of nitrogen functional groups attached to an aromatic ring is 1. The third kappa shape index (κ3) is 3.52. The minimum atomic E-state index is -0.998. The molecule has 0 aliphatic rings. The molecule has 0 aliphatic heterocycles. The van der Waals surface area contributed by atoms with E-state index in [1.807, 2.05) is 54.6 Å². The van der Waals surface area contributed by atoms with E-state index in [0.717, 1.165) is 22.3 Å². The predicted octanol–water partition coefficient (Wildman–Crippen LogP) is 5.36. The van der Waals surface area contributed by atoms with E-state index in [1.165, 1.54) is 6.07 Å². The summed E-state index contributed by atoms with van der Waals surface area (Å²) in [6.45, 7) is 0. The van der Waals surface area contributed by atoms with E-state index in [4.69, 9.17) is 10.5 Å². The molecule has 0 radical (unpaired) electrons. The second kappa shape index (κ2) is 7.88. The molecule has 5 aromatic rings. The first kappa shape index (κ1) is 19.3. The average molecular weight is 422 g/mol. The highest BCUT2D eigenvalue weighted by Gasteiger charge is 2.17. The highest BCUT2D eigenvalue weighted by molar-refractivity contribution is 6.06. The van der Waals surface area contributed by atoms with Crippen LogP contribution in [0.3, 0.4) is 0 Å². The lowest BCUT2D eigenvalue weighted by molar-refractivity contribution is 0.0697. The number of aromatic carboxylic acids is 1. The van der Waals surface area contributed by atoms with Crippen LogP contribution in [0.4, 0.5) is 5.82 Å². The van der Waals surface area contributed by atoms with Gasteiger partial charge in [-0.2, -0.15) is 5.10 Å². The van der Waals surface area contributed by atoms with Gasteiger partial charge in [-0.25, -0.2) is 4.79 Å². The van der Waals surface area contributed by atoms with Gasteiger partial charge in [-0.1, -0.05) is 42.5 Å². The van der Waals surface area contributed by atoms with Crippen molar-refractivity contribution in [2.75, 3.05) is 5.73 Å². The first-order chi connectivity index (χ1) is 15.6. The van der Waals surface area contributed by atoms with E-state index in [9.17, 15) is 9.90 Å². The average Bonchev–Trinajstić information content (AvgIpc) is 3.22. The summed E-state index contributed by atoms with van der Waals surface area (Å²) in [5.74, 6) is 0.821. The SMILES string of the molecule is Nc1n[nH]c2c(-c3cccc(C(=O)O)c3)ncc(-c3ccc(Oc4ccccc4)cc3)c12. The molecule has 7 heteroatoms. The molecule has 0 amide bonds. The van der Waals surface area contributed by atoms with Crippen LogP contribution in [-0.4, -0.2) is 26.3 Å². The summed E-state index contributed by atoms with van der Waals surface area (Å²) in [6.07, 6.45) is 1.73. The van der Waals surface area contributed by atoms with Gasteiger partial charge >= 0.3 is 5.97 Å². The molecule has 4 N–H and O–H groups in total. The number of pyridine rings is 1. The molecular weight excluding hydrogens is 404 g/mol. The van der Waals surface area contributed by atoms with E-state index in [1.54, 1.807) is 24.4 Å². The summed E-state index contributed by atoms with van der Waals surface area (Å²) >= 11 is 0. The van der Waals surface area contributed by atoms with Crippen molar-refractivity contribution >= 4 is 22.7 Å². The Hall–Kier alpha value is -4.65. The molecule has 0 aliphatic carbocycles. The lowest BCUT2D eigenvalue weighted by Crippen LogP contribution is -1.97. The van der Waals surface area contributed by atoms with Crippen molar-refractivity contribution in [3.05, 3.63) is 90.6 Å². The monoisotopic (exact) mass is 422 g/mol. The lowest BCUT2D eigenvalue weighted by Gasteiger charge is -2.10. The Bertz CT molecular complexity index is 1430. The van der Waals surface area contributed by atoms with Crippen LogP contribution in [0.1, 0.15) is 10.4 Å². The van der Waals surface area contributed by atoms with Crippen LogP contribution in [0.5, 0.6) is 11.5 Å². The molecule has 2 heterocycles. The van der Waals surface area contributed by atoms with Crippen molar-refractivity contribution in [2.24, 2.45) is 0 Å². The molecule has 0 fully saturated rings. The minimum Gasteiger partial charge on any atom is -0.478 e. The number of H-pyrrole nitrogens is 1. The van der Waals surface area contributed by atoms with Gasteiger partial charge in [-0.15, -0.1) is 0 Å². The second-order valence-corrected chi connectivity index (χ2v) is 7.20. The zero-order chi connectivity index (χ0) is 22.1. The standard InChI is InChI=1S/C25H18N4O3/c26-24-21-20(15-9-11-19(12-10-15)32-18-7-2-1-3-8-18)14-27-22(23(21)28-29-24)16-5-4-6-17(13-16)25(30)31/h1-14H,(H,30,31)(H3,26,28,29). The van der Waals surface area contributed by atoms with Crippen LogP contribution < -0.4 is 10.5 Å². The number of rotatable bonds is 5. The van der Waals surface area contributed by atoms with Crippen molar-refractivity contribution < 1.29 is 14.6 Å². The zero-order valence-electron chi connectivity index (χ0n) is 16.8. The van der Waals surface area contributed by atoms with Crippen molar-refractivity contribution in [2.45, 2.75) is 0 Å². The fourth-order valence-electron chi connectivity index (χ4n) is 3.62. The molecule has 0 spiro atoms. The van der Waals surface area contributed by atoms with Gasteiger partial charge < -0.3 is 15.6 Å². The highest BCUT2D eigenvalue weighted by atomic mass is 16.5. The Morgan fingerprint density at radius 2 is 1.66 bits per heavy atom. The highest BCUT2D eigenvalue weighted by Crippen LogP contribution is 2.36. The maximum Gasteiger partial charge on any atom is 0.335 e. The summed E-state index contributed by atoms with van der Waals surface area (Å²) in [5, 5.41) is 17.2. The zero-order valence-corrected chi connectivity index (χ0v) is 16.8. The molecule has 5 rings (SSSR count). The number of nitrogens with one attached hydrogen (secondary N) is 1. The van der Waals surface area contributed by atoms with Crippen molar-refractivity contribution in [1.29, 1.82) is 0 Å². The summed E-state index contributed by atoms with van der Waals surface area (Å²) in [6, 6.07) is 23.8. The summed E-state index contributed by atoms with van der Waals surface area (Å²) in [7, 11) is 0. The smallest absolute Gasteiger partial charge is 0.335 e. The Balaban J connectivity index is 1.55. The molecule has 7 nitrogen and oxygen atoms in total. The minimum absolute atomic E-state index is 0.183. The number of nitrogens with zero attached hydrogens (tertiary/aromatic N) is 2. The number of hydrogen-bond donors (Lipinski definition) is 3. The number of benzene rings is 3. The normalized spacial score (nSPS) is 10.9. The van der Waals surface area contributed by atoms with Gasteiger partial charge in [0, 0.05) is 17.3 Å². The Morgan fingerprint density at radius 3 is 2.41 bits per heavy atom. The van der Waals surface area contributed by atoms with Crippen LogP contribution in [0.15, 0.2) is 85.1 Å². The van der Waals surface area contributed by atoms with Gasteiger partial charge in [0.25, 0.3) is 0 Å². The number of nitrogens with two attached hydrogens (primary N) is 1. The molecule has 0 atom stereocenters. The molecule has 3 aromatic carbocycles. The molecule has 32 heavy (non-hydrogen) atoms. The quantitative estimate of drug-likeness (QED) is 0.351. The third-order valence-electron chi connectivity index (χ3n) is 5.15. The number of fused-ring (bicyclic) bond motifs is 1. The van der Waals surface area contributed by atoms with Crippen LogP contribution in [0.2, 0.25) is 0 Å². The number of para-hydroxylation sites is 1. The van der Waals surface area contributed by atoms with Gasteiger partial charge in [0.1, 0.15) is 11.5 Å². The number of anilines is 1. The van der Waals surface area contributed by atoms with Crippen molar-refractivity contribution in [3.8, 4) is 33.9 Å². The molecule has 156 valence electrons. The number of carboxylic acids is 1. The molecule has 2 aromatic heterocycles. The van der Waals surface area contributed by atoms with Crippen LogP contribution in [0, 0.1) is 0 Å². The first-order valence-corrected chi connectivity index (χ1v) is 9.90. The van der Waals surface area contributed by atoms with Crippen LogP contribution in [-0.2, 0) is 0 Å². The van der Waals surface area contributed by atoms with E-state index in [2.05, 4.69) is 15.2 Å². The number of carbonyl (C=O) groups is 1. The fourth-order valence-corrected chi connectivity index (χ4v) is 3.62.